The van der Waals surface area contributed by atoms with Crippen molar-refractivity contribution in [3.05, 3.63) is 83.4 Å². The number of nitrogens with zero attached hydrogens (tertiary/aromatic N) is 3. The molecule has 1 aliphatic heterocycles. The van der Waals surface area contributed by atoms with Crippen LogP contribution in [0.4, 0.5) is 11.6 Å². The van der Waals surface area contributed by atoms with Crippen LogP contribution in [0.25, 0.3) is 22.2 Å². The van der Waals surface area contributed by atoms with Crippen molar-refractivity contribution < 1.29 is 4.79 Å². The van der Waals surface area contributed by atoms with Crippen LogP contribution in [0.2, 0.25) is 5.02 Å². The van der Waals surface area contributed by atoms with Gasteiger partial charge in [0.2, 0.25) is 11.9 Å². The summed E-state index contributed by atoms with van der Waals surface area (Å²) in [5, 5.41) is 4.72. The molecule has 1 aliphatic rings. The molecule has 1 N–H and O–H groups in total. The number of carbonyl (C=O) groups is 1. The molecular formula is C27H25ClN4O. The molecule has 5 nitrogen and oxygen atoms in total. The molecule has 4 aromatic rings. The van der Waals surface area contributed by atoms with Crippen LogP contribution in [0.5, 0.6) is 0 Å². The molecule has 0 bridgehead atoms. The quantitative estimate of drug-likeness (QED) is 0.402. The van der Waals surface area contributed by atoms with Crippen molar-refractivity contribution >= 4 is 40.0 Å². The van der Waals surface area contributed by atoms with Gasteiger partial charge in [0.1, 0.15) is 0 Å². The van der Waals surface area contributed by atoms with Crippen LogP contribution in [0.1, 0.15) is 18.4 Å². The van der Waals surface area contributed by atoms with Gasteiger partial charge in [-0.05, 0) is 56.2 Å². The number of anilines is 2. The molecule has 5 rings (SSSR count). The molecule has 3 aromatic carbocycles. The molecular weight excluding hydrogens is 432 g/mol. The molecule has 1 saturated heterocycles. The highest BCUT2D eigenvalue weighted by atomic mass is 35.5. The summed E-state index contributed by atoms with van der Waals surface area (Å²) in [7, 11) is 0. The van der Waals surface area contributed by atoms with Crippen molar-refractivity contribution in [1.82, 2.24) is 9.97 Å². The van der Waals surface area contributed by atoms with Gasteiger partial charge >= 0.3 is 0 Å². The Morgan fingerprint density at radius 3 is 2.42 bits per heavy atom. The summed E-state index contributed by atoms with van der Waals surface area (Å²) in [6.07, 6.45) is 1.52. The maximum absolute atomic E-state index is 12.7. The van der Waals surface area contributed by atoms with Gasteiger partial charge in [-0.3, -0.25) is 4.79 Å². The third kappa shape index (κ3) is 4.69. The summed E-state index contributed by atoms with van der Waals surface area (Å²) in [4.78, 5) is 24.8. The minimum absolute atomic E-state index is 0.0337. The molecule has 0 saturated carbocycles. The molecule has 1 fully saturated rings. The molecule has 1 amide bonds. The number of hydrogen-bond donors (Lipinski definition) is 1. The number of carbonyl (C=O) groups excluding carboxylic acids is 1. The molecule has 166 valence electrons. The minimum Gasteiger partial charge on any atom is -0.341 e. The maximum Gasteiger partial charge on any atom is 0.227 e. The molecule has 6 heteroatoms. The topological polar surface area (TPSA) is 58.1 Å². The Kier molecular flexibility index (Phi) is 5.97. The summed E-state index contributed by atoms with van der Waals surface area (Å²) < 4.78 is 0. The number of rotatable bonds is 4. The molecule has 1 aromatic heterocycles. The Hall–Kier alpha value is -3.44. The van der Waals surface area contributed by atoms with Gasteiger partial charge in [0.25, 0.3) is 0 Å². The van der Waals surface area contributed by atoms with Gasteiger partial charge in [0.15, 0.2) is 0 Å². The zero-order valence-electron chi connectivity index (χ0n) is 18.5. The van der Waals surface area contributed by atoms with E-state index in [-0.39, 0.29) is 11.8 Å². The average molecular weight is 457 g/mol. The second-order valence-corrected chi connectivity index (χ2v) is 8.95. The van der Waals surface area contributed by atoms with Gasteiger partial charge in [0, 0.05) is 40.7 Å². The predicted molar refractivity (Wildman–Crippen MR) is 135 cm³/mol. The lowest BCUT2D eigenvalue weighted by molar-refractivity contribution is -0.120. The summed E-state index contributed by atoms with van der Waals surface area (Å²) in [6.45, 7) is 3.57. The van der Waals surface area contributed by atoms with E-state index in [4.69, 9.17) is 21.6 Å². The highest BCUT2D eigenvalue weighted by Crippen LogP contribution is 2.30. The maximum atomic E-state index is 12.7. The fraction of sp³-hybridized carbons (Fsp3) is 0.222. The van der Waals surface area contributed by atoms with E-state index in [0.717, 1.165) is 59.7 Å². The number of halogens is 1. The van der Waals surface area contributed by atoms with Crippen molar-refractivity contribution in [2.75, 3.05) is 23.3 Å². The predicted octanol–water partition coefficient (Wildman–Crippen LogP) is 6.11. The van der Waals surface area contributed by atoms with Crippen molar-refractivity contribution in [3.8, 4) is 11.3 Å². The van der Waals surface area contributed by atoms with Crippen LogP contribution in [-0.4, -0.2) is 29.0 Å². The summed E-state index contributed by atoms with van der Waals surface area (Å²) >= 11 is 5.94. The first-order valence-corrected chi connectivity index (χ1v) is 11.6. The number of amides is 1. The second kappa shape index (κ2) is 9.20. The Balaban J connectivity index is 1.36. The van der Waals surface area contributed by atoms with Crippen molar-refractivity contribution in [1.29, 1.82) is 0 Å². The molecule has 0 spiro atoms. The Labute approximate surface area is 198 Å². The lowest BCUT2D eigenvalue weighted by Crippen LogP contribution is -2.39. The first-order valence-electron chi connectivity index (χ1n) is 11.2. The highest BCUT2D eigenvalue weighted by molar-refractivity contribution is 6.30. The van der Waals surface area contributed by atoms with Gasteiger partial charge in [-0.2, -0.15) is 0 Å². The highest BCUT2D eigenvalue weighted by Gasteiger charge is 2.27. The average Bonchev–Trinajstić information content (AvgIpc) is 2.85. The molecule has 0 radical (unpaired) electrons. The van der Waals surface area contributed by atoms with E-state index in [1.807, 2.05) is 30.3 Å². The van der Waals surface area contributed by atoms with Crippen LogP contribution in [0, 0.1) is 12.8 Å². The van der Waals surface area contributed by atoms with Crippen LogP contribution in [0.15, 0.2) is 72.8 Å². The largest absolute Gasteiger partial charge is 0.341 e. The van der Waals surface area contributed by atoms with Gasteiger partial charge in [-0.1, -0.05) is 53.6 Å². The van der Waals surface area contributed by atoms with Gasteiger partial charge in [-0.15, -0.1) is 0 Å². The molecule has 0 atom stereocenters. The van der Waals surface area contributed by atoms with Gasteiger partial charge in [-0.25, -0.2) is 9.97 Å². The molecule has 0 unspecified atom stereocenters. The molecule has 33 heavy (non-hydrogen) atoms. The zero-order chi connectivity index (χ0) is 22.8. The van der Waals surface area contributed by atoms with Crippen LogP contribution < -0.4 is 10.2 Å². The lowest BCUT2D eigenvalue weighted by Gasteiger charge is -2.31. The summed E-state index contributed by atoms with van der Waals surface area (Å²) in [5.74, 6) is 0.743. The standard InChI is InChI=1S/C27H25ClN4O/c1-18-7-12-24-23(17-18)25(19-5-3-2-4-6-19)31-27(30-24)32-15-13-20(14-16-32)26(33)29-22-10-8-21(28)9-11-22/h2-12,17,20H,13-16H2,1H3,(H,29,33). The first kappa shape index (κ1) is 21.4. The van der Waals surface area contributed by atoms with Crippen molar-refractivity contribution in [3.63, 3.8) is 0 Å². The van der Waals surface area contributed by atoms with E-state index in [9.17, 15) is 4.79 Å². The van der Waals surface area contributed by atoms with Crippen LogP contribution in [0.3, 0.4) is 0 Å². The third-order valence-electron chi connectivity index (χ3n) is 6.15. The summed E-state index contributed by atoms with van der Waals surface area (Å²) in [5.41, 5.74) is 4.92. The van der Waals surface area contributed by atoms with Crippen LogP contribution in [-0.2, 0) is 4.79 Å². The zero-order valence-corrected chi connectivity index (χ0v) is 19.2. The Morgan fingerprint density at radius 2 is 1.70 bits per heavy atom. The summed E-state index contributed by atoms with van der Waals surface area (Å²) in [6, 6.07) is 23.8. The smallest absolute Gasteiger partial charge is 0.227 e. The van der Waals surface area contributed by atoms with Gasteiger partial charge < -0.3 is 10.2 Å². The first-order chi connectivity index (χ1) is 16.1. The van der Waals surface area contributed by atoms with E-state index in [1.165, 1.54) is 5.56 Å². The normalized spacial score (nSPS) is 14.4. The lowest BCUT2D eigenvalue weighted by atomic mass is 9.96. The van der Waals surface area contributed by atoms with E-state index < -0.39 is 0 Å². The number of benzene rings is 3. The third-order valence-corrected chi connectivity index (χ3v) is 6.40. The van der Waals surface area contributed by atoms with Crippen LogP contribution >= 0.6 is 11.6 Å². The van der Waals surface area contributed by atoms with Crippen molar-refractivity contribution in [2.24, 2.45) is 5.92 Å². The fourth-order valence-corrected chi connectivity index (χ4v) is 4.43. The number of nitrogens with one attached hydrogen (secondary N) is 1. The van der Waals surface area contributed by atoms with E-state index in [1.54, 1.807) is 12.1 Å². The monoisotopic (exact) mass is 456 g/mol. The molecule has 2 heterocycles. The Bertz CT molecular complexity index is 1280. The number of piperidine rings is 1. The SMILES string of the molecule is Cc1ccc2nc(N3CCC(C(=O)Nc4ccc(Cl)cc4)CC3)nc(-c3ccccc3)c2c1. The second-order valence-electron chi connectivity index (χ2n) is 8.52. The number of fused-ring (bicyclic) bond motifs is 1. The van der Waals surface area contributed by atoms with Gasteiger partial charge in [0.05, 0.1) is 11.2 Å². The van der Waals surface area contributed by atoms with E-state index in [2.05, 4.69) is 47.5 Å². The number of aromatic nitrogens is 2. The number of hydrogen-bond acceptors (Lipinski definition) is 4. The van der Waals surface area contributed by atoms with E-state index in [0.29, 0.717) is 5.02 Å². The van der Waals surface area contributed by atoms with E-state index >= 15 is 0 Å². The Morgan fingerprint density at radius 1 is 0.970 bits per heavy atom. The molecule has 0 aliphatic carbocycles. The van der Waals surface area contributed by atoms with Crippen molar-refractivity contribution in [2.45, 2.75) is 19.8 Å². The number of aryl methyl sites for hydroxylation is 1. The minimum atomic E-state index is -0.0337. The fourth-order valence-electron chi connectivity index (χ4n) is 4.31.